The number of carbonyl (C=O) groups excluding carboxylic acids is 1. The molecule has 22 heavy (non-hydrogen) atoms. The minimum Gasteiger partial charge on any atom is -0.391 e. The SMILES string of the molecule is CN(Cc1n[nH]c(=O)o1)C(=O)c1cccc(-n2cccn2)n1. The summed E-state index contributed by atoms with van der Waals surface area (Å²) >= 11 is 0. The third kappa shape index (κ3) is 2.77. The Balaban J connectivity index is 1.79. The number of hydrogen-bond donors (Lipinski definition) is 1. The smallest absolute Gasteiger partial charge is 0.391 e. The van der Waals surface area contributed by atoms with Crippen LogP contribution in [0.2, 0.25) is 0 Å². The molecule has 0 fully saturated rings. The van der Waals surface area contributed by atoms with Crippen molar-refractivity contribution in [1.29, 1.82) is 0 Å². The van der Waals surface area contributed by atoms with Crippen LogP contribution in [0, 0.1) is 0 Å². The summed E-state index contributed by atoms with van der Waals surface area (Å²) < 4.78 is 6.33. The molecule has 112 valence electrons. The molecule has 3 aromatic rings. The number of hydrogen-bond acceptors (Lipinski definition) is 6. The standard InChI is InChI=1S/C13H12N6O3/c1-18(8-11-16-17-13(21)22-11)12(20)9-4-2-5-10(15-9)19-7-3-6-14-19/h2-7H,8H2,1H3,(H,17,21). The molecule has 1 amide bonds. The molecule has 1 N–H and O–H groups in total. The van der Waals surface area contributed by atoms with Crippen molar-refractivity contribution in [1.82, 2.24) is 29.9 Å². The van der Waals surface area contributed by atoms with E-state index in [2.05, 4.69) is 20.3 Å². The van der Waals surface area contributed by atoms with Crippen LogP contribution in [0.5, 0.6) is 0 Å². The second-order valence-corrected chi connectivity index (χ2v) is 4.50. The van der Waals surface area contributed by atoms with Crippen molar-refractivity contribution in [2.24, 2.45) is 0 Å². The van der Waals surface area contributed by atoms with Crippen LogP contribution in [0.1, 0.15) is 16.4 Å². The molecule has 0 aromatic carbocycles. The Morgan fingerprint density at radius 1 is 1.41 bits per heavy atom. The van der Waals surface area contributed by atoms with Gasteiger partial charge in [0.05, 0.1) is 6.54 Å². The van der Waals surface area contributed by atoms with Crippen LogP contribution in [0.3, 0.4) is 0 Å². The van der Waals surface area contributed by atoms with Crippen LogP contribution in [0.15, 0.2) is 45.9 Å². The summed E-state index contributed by atoms with van der Waals surface area (Å²) in [5.74, 6) is -0.311. The predicted molar refractivity (Wildman–Crippen MR) is 74.3 cm³/mol. The van der Waals surface area contributed by atoms with Crippen LogP contribution < -0.4 is 5.76 Å². The lowest BCUT2D eigenvalue weighted by molar-refractivity contribution is 0.0766. The Morgan fingerprint density at radius 2 is 2.27 bits per heavy atom. The topological polar surface area (TPSA) is 110 Å². The summed E-state index contributed by atoms with van der Waals surface area (Å²) in [6.45, 7) is 0.0608. The third-order valence-electron chi connectivity index (χ3n) is 2.89. The predicted octanol–water partition coefficient (Wildman–Crippen LogP) is 0.216. The maximum Gasteiger partial charge on any atom is 0.434 e. The number of nitrogens with one attached hydrogen (secondary N) is 1. The van der Waals surface area contributed by atoms with Crippen LogP contribution in [0.25, 0.3) is 5.82 Å². The highest BCUT2D eigenvalue weighted by atomic mass is 16.4. The van der Waals surface area contributed by atoms with Crippen molar-refractivity contribution >= 4 is 5.91 Å². The summed E-state index contributed by atoms with van der Waals surface area (Å²) in [5.41, 5.74) is 0.258. The molecule has 0 aliphatic carbocycles. The molecule has 3 aromatic heterocycles. The van der Waals surface area contributed by atoms with Gasteiger partial charge in [-0.25, -0.2) is 19.6 Å². The minimum absolute atomic E-state index is 0.0608. The van der Waals surface area contributed by atoms with Gasteiger partial charge in [-0.15, -0.1) is 5.10 Å². The Morgan fingerprint density at radius 3 is 2.95 bits per heavy atom. The van der Waals surface area contributed by atoms with Gasteiger partial charge in [0.15, 0.2) is 5.82 Å². The Bertz CT molecular complexity index is 835. The lowest BCUT2D eigenvalue weighted by atomic mass is 10.3. The molecule has 0 aliphatic heterocycles. The number of amides is 1. The van der Waals surface area contributed by atoms with E-state index in [1.807, 2.05) is 0 Å². The van der Waals surface area contributed by atoms with Gasteiger partial charge in [-0.3, -0.25) is 4.79 Å². The highest BCUT2D eigenvalue weighted by molar-refractivity contribution is 5.92. The molecule has 0 atom stereocenters. The summed E-state index contributed by atoms with van der Waals surface area (Å²) in [6.07, 6.45) is 3.36. The van der Waals surface area contributed by atoms with E-state index < -0.39 is 5.76 Å². The molecular weight excluding hydrogens is 288 g/mol. The molecule has 0 aliphatic rings. The van der Waals surface area contributed by atoms with Crippen LogP contribution >= 0.6 is 0 Å². The molecule has 3 heterocycles. The molecule has 0 saturated heterocycles. The van der Waals surface area contributed by atoms with Crippen molar-refractivity contribution in [3.05, 3.63) is 58.8 Å². The lowest BCUT2D eigenvalue weighted by Crippen LogP contribution is -2.27. The molecule has 3 rings (SSSR count). The maximum atomic E-state index is 12.4. The van der Waals surface area contributed by atoms with E-state index in [4.69, 9.17) is 4.42 Å². The first-order chi connectivity index (χ1) is 10.6. The first-order valence-electron chi connectivity index (χ1n) is 6.40. The van der Waals surface area contributed by atoms with Gasteiger partial charge in [-0.05, 0) is 18.2 Å². The third-order valence-corrected chi connectivity index (χ3v) is 2.89. The molecule has 0 spiro atoms. The van der Waals surface area contributed by atoms with Gasteiger partial charge >= 0.3 is 5.76 Å². The van der Waals surface area contributed by atoms with Gasteiger partial charge in [-0.2, -0.15) is 5.10 Å². The molecule has 9 nitrogen and oxygen atoms in total. The van der Waals surface area contributed by atoms with Gasteiger partial charge in [-0.1, -0.05) is 6.07 Å². The highest BCUT2D eigenvalue weighted by Gasteiger charge is 2.16. The number of H-pyrrole nitrogens is 1. The van der Waals surface area contributed by atoms with Crippen LogP contribution in [-0.4, -0.2) is 42.8 Å². The summed E-state index contributed by atoms with van der Waals surface area (Å²) in [7, 11) is 1.57. The van der Waals surface area contributed by atoms with E-state index in [0.717, 1.165) is 0 Å². The normalized spacial score (nSPS) is 10.6. The largest absolute Gasteiger partial charge is 0.434 e. The lowest BCUT2D eigenvalue weighted by Gasteiger charge is -2.14. The average Bonchev–Trinajstić information content (AvgIpc) is 3.18. The van der Waals surface area contributed by atoms with Gasteiger partial charge < -0.3 is 9.32 Å². The second kappa shape index (κ2) is 5.64. The zero-order valence-electron chi connectivity index (χ0n) is 11.6. The van der Waals surface area contributed by atoms with Gasteiger partial charge in [0.25, 0.3) is 5.91 Å². The Kier molecular flexibility index (Phi) is 3.52. The van der Waals surface area contributed by atoms with E-state index in [-0.39, 0.29) is 24.0 Å². The number of nitrogens with zero attached hydrogens (tertiary/aromatic N) is 5. The van der Waals surface area contributed by atoms with Crippen molar-refractivity contribution in [3.63, 3.8) is 0 Å². The molecule has 9 heteroatoms. The van der Waals surface area contributed by atoms with Gasteiger partial charge in [0.1, 0.15) is 5.69 Å². The van der Waals surface area contributed by atoms with Crippen LogP contribution in [0.4, 0.5) is 0 Å². The maximum absolute atomic E-state index is 12.4. The van der Waals surface area contributed by atoms with E-state index in [0.29, 0.717) is 5.82 Å². The van der Waals surface area contributed by atoms with Gasteiger partial charge in [0.2, 0.25) is 5.89 Å². The van der Waals surface area contributed by atoms with E-state index in [1.165, 1.54) is 4.90 Å². The summed E-state index contributed by atoms with van der Waals surface area (Å²) in [6, 6.07) is 6.84. The zero-order chi connectivity index (χ0) is 15.5. The number of pyridine rings is 1. The number of aromatic nitrogens is 5. The first kappa shape index (κ1) is 13.7. The number of aromatic amines is 1. The minimum atomic E-state index is -0.658. The van der Waals surface area contributed by atoms with Crippen molar-refractivity contribution in [2.45, 2.75) is 6.54 Å². The monoisotopic (exact) mass is 300 g/mol. The zero-order valence-corrected chi connectivity index (χ0v) is 11.6. The van der Waals surface area contributed by atoms with Crippen molar-refractivity contribution < 1.29 is 9.21 Å². The highest BCUT2D eigenvalue weighted by Crippen LogP contribution is 2.08. The fourth-order valence-corrected chi connectivity index (χ4v) is 1.87. The molecule has 0 unspecified atom stereocenters. The van der Waals surface area contributed by atoms with Gasteiger partial charge in [0, 0.05) is 19.4 Å². The molecular formula is C13H12N6O3. The van der Waals surface area contributed by atoms with E-state index in [9.17, 15) is 9.59 Å². The number of carbonyl (C=O) groups is 1. The van der Waals surface area contributed by atoms with E-state index in [1.54, 1.807) is 48.4 Å². The molecule has 0 radical (unpaired) electrons. The van der Waals surface area contributed by atoms with Crippen molar-refractivity contribution in [2.75, 3.05) is 7.05 Å². The van der Waals surface area contributed by atoms with Crippen LogP contribution in [-0.2, 0) is 6.54 Å². The Labute approximate surface area is 124 Å². The summed E-state index contributed by atoms with van der Waals surface area (Å²) in [4.78, 5) is 28.9. The van der Waals surface area contributed by atoms with E-state index >= 15 is 0 Å². The fourth-order valence-electron chi connectivity index (χ4n) is 1.87. The first-order valence-corrected chi connectivity index (χ1v) is 6.40. The molecule has 0 saturated carbocycles. The van der Waals surface area contributed by atoms with Crippen molar-refractivity contribution in [3.8, 4) is 5.82 Å². The number of rotatable bonds is 4. The Hall–Kier alpha value is -3.23. The average molecular weight is 300 g/mol. The molecule has 0 bridgehead atoms. The quantitative estimate of drug-likeness (QED) is 0.738. The summed E-state index contributed by atoms with van der Waals surface area (Å²) in [5, 5.41) is 9.87. The second-order valence-electron chi connectivity index (χ2n) is 4.50. The fraction of sp³-hybridized carbons (Fsp3) is 0.154.